The number of hydrogen-bond acceptors (Lipinski definition) is 8. The Bertz CT molecular complexity index is 980. The molecule has 13 heteroatoms. The van der Waals surface area contributed by atoms with Gasteiger partial charge in [-0.25, -0.2) is 13.2 Å². The topological polar surface area (TPSA) is 159 Å². The van der Waals surface area contributed by atoms with E-state index in [0.717, 1.165) is 5.56 Å². The van der Waals surface area contributed by atoms with Crippen LogP contribution in [0.5, 0.6) is 0 Å². The SMILES string of the molecule is CCN(Cc1ccccc1)S(=O)(=O)CC(CCCCCN=[N+]=[N-])OC(=O)ON1C(=O)CCC1=O. The average molecular weight is 496 g/mol. The second kappa shape index (κ2) is 13.5. The van der Waals surface area contributed by atoms with Gasteiger partial charge in [0.2, 0.25) is 10.0 Å². The Kier molecular flexibility index (Phi) is 10.8. The molecule has 0 saturated carbocycles. The van der Waals surface area contributed by atoms with E-state index in [-0.39, 0.29) is 32.4 Å². The summed E-state index contributed by atoms with van der Waals surface area (Å²) in [6, 6.07) is 9.10. The molecule has 0 aromatic heterocycles. The standard InChI is InChI=1S/C21H29N5O7S/c1-2-25(15-17-9-5-3-6-10-17)34(30,31)16-18(11-7-4-8-14-23-24-22)32-21(29)33-26-19(27)12-13-20(26)28/h3,5-6,9-10,18H,2,4,7-8,11-16H2,1H3. The highest BCUT2D eigenvalue weighted by Crippen LogP contribution is 2.18. The zero-order valence-corrected chi connectivity index (χ0v) is 19.9. The lowest BCUT2D eigenvalue weighted by atomic mass is 10.1. The summed E-state index contributed by atoms with van der Waals surface area (Å²) < 4.78 is 32.7. The summed E-state index contributed by atoms with van der Waals surface area (Å²) in [4.78, 5) is 43.0. The monoisotopic (exact) mass is 495 g/mol. The van der Waals surface area contributed by atoms with Crippen molar-refractivity contribution >= 4 is 28.0 Å². The first kappa shape index (κ1) is 27.1. The summed E-state index contributed by atoms with van der Waals surface area (Å²) in [5.74, 6) is -1.81. The van der Waals surface area contributed by atoms with Gasteiger partial charge in [0.1, 0.15) is 11.9 Å². The van der Waals surface area contributed by atoms with Crippen LogP contribution in [0.4, 0.5) is 4.79 Å². The number of amides is 2. The quantitative estimate of drug-likeness (QED) is 0.0956. The number of carbonyl (C=O) groups is 3. The lowest BCUT2D eigenvalue weighted by molar-refractivity contribution is -0.178. The van der Waals surface area contributed by atoms with Crippen molar-refractivity contribution in [2.45, 2.75) is 58.1 Å². The summed E-state index contributed by atoms with van der Waals surface area (Å²) >= 11 is 0. The minimum absolute atomic E-state index is 0.0694. The number of benzene rings is 1. The molecule has 34 heavy (non-hydrogen) atoms. The Balaban J connectivity index is 2.05. The smallest absolute Gasteiger partial charge is 0.428 e. The Morgan fingerprint density at radius 1 is 1.18 bits per heavy atom. The molecule has 0 bridgehead atoms. The maximum atomic E-state index is 13.1. The van der Waals surface area contributed by atoms with E-state index in [0.29, 0.717) is 30.9 Å². The van der Waals surface area contributed by atoms with Crippen LogP contribution in [0.3, 0.4) is 0 Å². The molecule has 1 aliphatic heterocycles. The molecule has 1 fully saturated rings. The van der Waals surface area contributed by atoms with Crippen molar-refractivity contribution in [3.8, 4) is 0 Å². The molecule has 2 rings (SSSR count). The van der Waals surface area contributed by atoms with Crippen molar-refractivity contribution in [2.24, 2.45) is 5.11 Å². The highest BCUT2D eigenvalue weighted by Gasteiger charge is 2.35. The van der Waals surface area contributed by atoms with Crippen LogP contribution in [-0.4, -0.2) is 60.7 Å². The Labute approximate surface area is 198 Å². The van der Waals surface area contributed by atoms with Crippen LogP contribution in [0.2, 0.25) is 0 Å². The molecule has 1 unspecified atom stereocenters. The first-order valence-corrected chi connectivity index (χ1v) is 12.6. The summed E-state index contributed by atoms with van der Waals surface area (Å²) in [5, 5.41) is 3.79. The fraction of sp³-hybridized carbons (Fsp3) is 0.571. The zero-order chi connectivity index (χ0) is 25.0. The predicted octanol–water partition coefficient (Wildman–Crippen LogP) is 3.29. The van der Waals surface area contributed by atoms with Gasteiger partial charge >= 0.3 is 6.16 Å². The van der Waals surface area contributed by atoms with Crippen molar-refractivity contribution < 1.29 is 32.4 Å². The van der Waals surface area contributed by atoms with Crippen molar-refractivity contribution in [3.63, 3.8) is 0 Å². The second-order valence-electron chi connectivity index (χ2n) is 7.66. The van der Waals surface area contributed by atoms with Gasteiger partial charge in [0.25, 0.3) is 11.8 Å². The van der Waals surface area contributed by atoms with E-state index in [2.05, 4.69) is 10.0 Å². The number of azide groups is 1. The molecule has 2 amide bonds. The summed E-state index contributed by atoms with van der Waals surface area (Å²) in [6.45, 7) is 2.41. The molecule has 186 valence electrons. The van der Waals surface area contributed by atoms with Gasteiger partial charge in [0.05, 0.1) is 0 Å². The van der Waals surface area contributed by atoms with Gasteiger partial charge < -0.3 is 4.74 Å². The zero-order valence-electron chi connectivity index (χ0n) is 19.0. The molecule has 1 aromatic carbocycles. The van der Waals surface area contributed by atoms with Gasteiger partial charge in [-0.15, -0.1) is 0 Å². The highest BCUT2D eigenvalue weighted by atomic mass is 32.2. The molecule has 12 nitrogen and oxygen atoms in total. The first-order chi connectivity index (χ1) is 16.3. The molecule has 0 radical (unpaired) electrons. The van der Waals surface area contributed by atoms with Crippen molar-refractivity contribution in [3.05, 3.63) is 46.3 Å². The maximum Gasteiger partial charge on any atom is 0.534 e. The Morgan fingerprint density at radius 2 is 1.85 bits per heavy atom. The van der Waals surface area contributed by atoms with E-state index < -0.39 is 39.8 Å². The third-order valence-electron chi connectivity index (χ3n) is 5.13. The van der Waals surface area contributed by atoms with Crippen LogP contribution in [0.25, 0.3) is 10.4 Å². The highest BCUT2D eigenvalue weighted by molar-refractivity contribution is 7.89. The van der Waals surface area contributed by atoms with Gasteiger partial charge in [0.15, 0.2) is 0 Å². The first-order valence-electron chi connectivity index (χ1n) is 11.0. The van der Waals surface area contributed by atoms with Crippen molar-refractivity contribution in [2.75, 3.05) is 18.8 Å². The largest absolute Gasteiger partial charge is 0.534 e. The number of rotatable bonds is 14. The number of imide groups is 1. The minimum Gasteiger partial charge on any atom is -0.428 e. The fourth-order valence-electron chi connectivity index (χ4n) is 3.38. The second-order valence-corrected chi connectivity index (χ2v) is 9.67. The van der Waals surface area contributed by atoms with E-state index in [1.54, 1.807) is 6.92 Å². The molecule has 1 aliphatic rings. The van der Waals surface area contributed by atoms with Crippen molar-refractivity contribution in [1.82, 2.24) is 9.37 Å². The lowest BCUT2D eigenvalue weighted by Gasteiger charge is -2.24. The lowest BCUT2D eigenvalue weighted by Crippen LogP contribution is -2.39. The van der Waals surface area contributed by atoms with Gasteiger partial charge in [-0.1, -0.05) is 53.9 Å². The molecule has 0 aliphatic carbocycles. The third kappa shape index (κ3) is 8.65. The molecule has 1 heterocycles. The molecular formula is C21H29N5O7S. The molecule has 1 atom stereocenters. The average Bonchev–Trinajstić information content (AvgIpc) is 3.12. The summed E-state index contributed by atoms with van der Waals surface area (Å²) in [5.41, 5.74) is 9.15. The number of sulfonamides is 1. The fourth-order valence-corrected chi connectivity index (χ4v) is 5.03. The molecule has 1 aromatic rings. The molecule has 1 saturated heterocycles. The Hall–Kier alpha value is -3.15. The van der Waals surface area contributed by atoms with E-state index in [4.69, 9.17) is 15.1 Å². The van der Waals surface area contributed by atoms with E-state index in [1.165, 1.54) is 4.31 Å². The number of hydrogen-bond donors (Lipinski definition) is 0. The van der Waals surface area contributed by atoms with Gasteiger partial charge in [-0.3, -0.25) is 14.4 Å². The minimum atomic E-state index is -3.83. The van der Waals surface area contributed by atoms with E-state index in [9.17, 15) is 22.8 Å². The normalized spacial score (nSPS) is 14.7. The van der Waals surface area contributed by atoms with Crippen LogP contribution in [-0.2, 0) is 35.7 Å². The van der Waals surface area contributed by atoms with Crippen LogP contribution in [0, 0.1) is 0 Å². The van der Waals surface area contributed by atoms with Crippen LogP contribution < -0.4 is 0 Å². The number of ether oxygens (including phenoxy) is 1. The number of carbonyl (C=O) groups excluding carboxylic acids is 3. The van der Waals surface area contributed by atoms with Crippen LogP contribution in [0.15, 0.2) is 35.4 Å². The summed E-state index contributed by atoms with van der Waals surface area (Å²) in [6.07, 6.45) is -0.590. The number of unbranched alkanes of at least 4 members (excludes halogenated alkanes) is 2. The van der Waals surface area contributed by atoms with E-state index in [1.807, 2.05) is 30.3 Å². The van der Waals surface area contributed by atoms with E-state index >= 15 is 0 Å². The van der Waals surface area contributed by atoms with Crippen LogP contribution in [0.1, 0.15) is 51.0 Å². The number of nitrogens with zero attached hydrogens (tertiary/aromatic N) is 5. The van der Waals surface area contributed by atoms with Gasteiger partial charge in [0, 0.05) is 37.4 Å². The molecular weight excluding hydrogens is 466 g/mol. The summed E-state index contributed by atoms with van der Waals surface area (Å²) in [7, 11) is -3.83. The molecule has 0 N–H and O–H groups in total. The molecule has 0 spiro atoms. The number of hydroxylamine groups is 2. The van der Waals surface area contributed by atoms with Crippen LogP contribution >= 0.6 is 0 Å². The van der Waals surface area contributed by atoms with Crippen molar-refractivity contribution in [1.29, 1.82) is 0 Å². The van der Waals surface area contributed by atoms with Gasteiger partial charge in [-0.2, -0.15) is 4.31 Å². The third-order valence-corrected chi connectivity index (χ3v) is 7.09. The Morgan fingerprint density at radius 3 is 2.47 bits per heavy atom. The van der Waals surface area contributed by atoms with Gasteiger partial charge in [-0.05, 0) is 30.4 Å². The maximum absolute atomic E-state index is 13.1. The predicted molar refractivity (Wildman–Crippen MR) is 121 cm³/mol.